The normalized spacial score (nSPS) is 15.5. The van der Waals surface area contributed by atoms with Gasteiger partial charge in [-0.2, -0.15) is 0 Å². The fraction of sp³-hybridized carbons (Fsp3) is 0.316. The van der Waals surface area contributed by atoms with Crippen LogP contribution in [0.3, 0.4) is 0 Å². The highest BCUT2D eigenvalue weighted by Gasteiger charge is 2.20. The number of nitrogens with zero attached hydrogens (tertiary/aromatic N) is 3. The molecule has 7 heteroatoms. The summed E-state index contributed by atoms with van der Waals surface area (Å²) in [5, 5.41) is 2.79. The first-order chi connectivity index (χ1) is 12.6. The molecular formula is C19H23N5O2. The molecular weight excluding hydrogens is 330 g/mol. The summed E-state index contributed by atoms with van der Waals surface area (Å²) in [7, 11) is 0. The van der Waals surface area contributed by atoms with Gasteiger partial charge in [-0.3, -0.25) is 24.4 Å². The summed E-state index contributed by atoms with van der Waals surface area (Å²) in [5.74, 6) is -0.694. The Morgan fingerprint density at radius 1 is 1.00 bits per heavy atom. The maximum Gasteiger partial charge on any atom is 0.250 e. The van der Waals surface area contributed by atoms with Crippen molar-refractivity contribution < 1.29 is 9.59 Å². The molecule has 1 saturated heterocycles. The van der Waals surface area contributed by atoms with E-state index in [2.05, 4.69) is 20.1 Å². The van der Waals surface area contributed by atoms with Crippen molar-refractivity contribution in [3.8, 4) is 0 Å². The zero-order chi connectivity index (χ0) is 18.4. The summed E-state index contributed by atoms with van der Waals surface area (Å²) in [6.45, 7) is 4.54. The van der Waals surface area contributed by atoms with Crippen LogP contribution in [0.25, 0.3) is 0 Å². The van der Waals surface area contributed by atoms with E-state index < -0.39 is 5.91 Å². The highest BCUT2D eigenvalue weighted by molar-refractivity contribution is 6.03. The summed E-state index contributed by atoms with van der Waals surface area (Å²) in [4.78, 5) is 32.5. The number of carbonyl (C=O) groups is 2. The van der Waals surface area contributed by atoms with Crippen LogP contribution in [0, 0.1) is 0 Å². The Kier molecular flexibility index (Phi) is 5.93. The van der Waals surface area contributed by atoms with Gasteiger partial charge in [0, 0.05) is 38.9 Å². The Balaban J connectivity index is 1.47. The molecule has 1 aliphatic heterocycles. The van der Waals surface area contributed by atoms with E-state index in [0.717, 1.165) is 38.4 Å². The predicted octanol–water partition coefficient (Wildman–Crippen LogP) is 0.937. The molecule has 2 heterocycles. The molecule has 0 aliphatic carbocycles. The van der Waals surface area contributed by atoms with E-state index in [9.17, 15) is 9.59 Å². The number of primary amides is 1. The van der Waals surface area contributed by atoms with Crippen LogP contribution in [0.4, 0.5) is 5.69 Å². The first kappa shape index (κ1) is 18.0. The fourth-order valence-corrected chi connectivity index (χ4v) is 3.03. The molecule has 3 N–H and O–H groups in total. The smallest absolute Gasteiger partial charge is 0.250 e. The van der Waals surface area contributed by atoms with Crippen LogP contribution in [0.15, 0.2) is 48.7 Å². The number of carbonyl (C=O) groups excluding carboxylic acids is 2. The lowest BCUT2D eigenvalue weighted by molar-refractivity contribution is -0.117. The lowest BCUT2D eigenvalue weighted by Crippen LogP contribution is -2.48. The summed E-state index contributed by atoms with van der Waals surface area (Å²) in [6.07, 6.45) is 1.81. The molecule has 0 unspecified atom stereocenters. The van der Waals surface area contributed by atoms with Crippen molar-refractivity contribution in [1.29, 1.82) is 0 Å². The lowest BCUT2D eigenvalue weighted by atomic mass is 10.1. The van der Waals surface area contributed by atoms with Crippen molar-refractivity contribution >= 4 is 17.5 Å². The molecule has 3 rings (SSSR count). The molecule has 0 spiro atoms. The number of benzene rings is 1. The standard InChI is InChI=1S/C19H23N5O2/c20-19(26)16-6-1-2-7-17(16)22-18(25)14-24-11-9-23(10-12-24)13-15-5-3-4-8-21-15/h1-8H,9-14H2,(H2,20,26)(H,22,25). The third kappa shape index (κ3) is 4.87. The number of rotatable bonds is 6. The third-order valence-corrected chi connectivity index (χ3v) is 4.41. The van der Waals surface area contributed by atoms with Crippen LogP contribution in [-0.4, -0.2) is 59.3 Å². The molecule has 1 aromatic carbocycles. The molecule has 136 valence electrons. The fourth-order valence-electron chi connectivity index (χ4n) is 3.03. The summed E-state index contributed by atoms with van der Waals surface area (Å²) >= 11 is 0. The van der Waals surface area contributed by atoms with Gasteiger partial charge in [0.25, 0.3) is 5.91 Å². The van der Waals surface area contributed by atoms with Crippen LogP contribution in [0.1, 0.15) is 16.1 Å². The Labute approximate surface area is 152 Å². The maximum absolute atomic E-state index is 12.3. The van der Waals surface area contributed by atoms with Gasteiger partial charge in [0.2, 0.25) is 5.91 Å². The van der Waals surface area contributed by atoms with E-state index in [0.29, 0.717) is 17.8 Å². The number of para-hydroxylation sites is 1. The number of nitrogens with one attached hydrogen (secondary N) is 1. The van der Waals surface area contributed by atoms with E-state index in [4.69, 9.17) is 5.73 Å². The highest BCUT2D eigenvalue weighted by Crippen LogP contribution is 2.14. The van der Waals surface area contributed by atoms with Crippen molar-refractivity contribution in [1.82, 2.24) is 14.8 Å². The number of hydrogen-bond acceptors (Lipinski definition) is 5. The molecule has 0 radical (unpaired) electrons. The molecule has 0 bridgehead atoms. The Morgan fingerprint density at radius 3 is 2.38 bits per heavy atom. The number of anilines is 1. The summed E-state index contributed by atoms with van der Waals surface area (Å²) in [6, 6.07) is 12.7. The molecule has 1 aromatic heterocycles. The number of hydrogen-bond donors (Lipinski definition) is 2. The van der Waals surface area contributed by atoms with Crippen molar-refractivity contribution in [2.45, 2.75) is 6.54 Å². The average Bonchev–Trinajstić information content (AvgIpc) is 2.64. The monoisotopic (exact) mass is 353 g/mol. The van der Waals surface area contributed by atoms with E-state index in [1.165, 1.54) is 0 Å². The minimum absolute atomic E-state index is 0.142. The van der Waals surface area contributed by atoms with Gasteiger partial charge in [-0.1, -0.05) is 18.2 Å². The highest BCUT2D eigenvalue weighted by atomic mass is 16.2. The molecule has 2 aromatic rings. The lowest BCUT2D eigenvalue weighted by Gasteiger charge is -2.34. The van der Waals surface area contributed by atoms with Crippen molar-refractivity contribution in [3.63, 3.8) is 0 Å². The number of piperazine rings is 1. The molecule has 2 amide bonds. The number of amides is 2. The largest absolute Gasteiger partial charge is 0.366 e. The van der Waals surface area contributed by atoms with Crippen molar-refractivity contribution in [3.05, 3.63) is 59.9 Å². The second-order valence-electron chi connectivity index (χ2n) is 6.33. The maximum atomic E-state index is 12.3. The second kappa shape index (κ2) is 8.55. The number of pyridine rings is 1. The van der Waals surface area contributed by atoms with E-state index in [1.807, 2.05) is 18.2 Å². The van der Waals surface area contributed by atoms with Crippen LogP contribution in [0.2, 0.25) is 0 Å². The number of aromatic nitrogens is 1. The van der Waals surface area contributed by atoms with Crippen LogP contribution < -0.4 is 11.1 Å². The molecule has 1 fully saturated rings. The molecule has 26 heavy (non-hydrogen) atoms. The summed E-state index contributed by atoms with van der Waals surface area (Å²) < 4.78 is 0. The predicted molar refractivity (Wildman–Crippen MR) is 99.5 cm³/mol. The van der Waals surface area contributed by atoms with Crippen molar-refractivity contribution in [2.75, 3.05) is 38.0 Å². The Morgan fingerprint density at radius 2 is 1.69 bits per heavy atom. The minimum Gasteiger partial charge on any atom is -0.366 e. The zero-order valence-electron chi connectivity index (χ0n) is 14.6. The van der Waals surface area contributed by atoms with Crippen LogP contribution >= 0.6 is 0 Å². The molecule has 0 saturated carbocycles. The van der Waals surface area contributed by atoms with E-state index >= 15 is 0 Å². The molecule has 0 atom stereocenters. The van der Waals surface area contributed by atoms with Gasteiger partial charge in [0.1, 0.15) is 0 Å². The first-order valence-electron chi connectivity index (χ1n) is 8.65. The van der Waals surface area contributed by atoms with E-state index in [-0.39, 0.29) is 5.91 Å². The minimum atomic E-state index is -0.552. The Hall–Kier alpha value is -2.77. The molecule has 1 aliphatic rings. The SMILES string of the molecule is NC(=O)c1ccccc1NC(=O)CN1CCN(Cc2ccccn2)CC1. The van der Waals surface area contributed by atoms with Gasteiger partial charge in [-0.15, -0.1) is 0 Å². The van der Waals surface area contributed by atoms with Crippen LogP contribution in [0.5, 0.6) is 0 Å². The average molecular weight is 353 g/mol. The van der Waals surface area contributed by atoms with Gasteiger partial charge in [-0.25, -0.2) is 0 Å². The quantitative estimate of drug-likeness (QED) is 0.806. The Bertz CT molecular complexity index is 758. The van der Waals surface area contributed by atoms with Gasteiger partial charge in [0.05, 0.1) is 23.5 Å². The zero-order valence-corrected chi connectivity index (χ0v) is 14.6. The van der Waals surface area contributed by atoms with Crippen molar-refractivity contribution in [2.24, 2.45) is 5.73 Å². The topological polar surface area (TPSA) is 91.6 Å². The first-order valence-corrected chi connectivity index (χ1v) is 8.65. The summed E-state index contributed by atoms with van der Waals surface area (Å²) in [5.41, 5.74) is 7.18. The van der Waals surface area contributed by atoms with Crippen LogP contribution in [-0.2, 0) is 11.3 Å². The van der Waals surface area contributed by atoms with Gasteiger partial charge in [-0.05, 0) is 24.3 Å². The van der Waals surface area contributed by atoms with Gasteiger partial charge < -0.3 is 11.1 Å². The number of nitrogens with two attached hydrogens (primary N) is 1. The molecule has 7 nitrogen and oxygen atoms in total. The van der Waals surface area contributed by atoms with E-state index in [1.54, 1.807) is 30.5 Å². The van der Waals surface area contributed by atoms with Gasteiger partial charge >= 0.3 is 0 Å². The third-order valence-electron chi connectivity index (χ3n) is 4.41. The van der Waals surface area contributed by atoms with Gasteiger partial charge in [0.15, 0.2) is 0 Å². The second-order valence-corrected chi connectivity index (χ2v) is 6.33.